The second-order valence-corrected chi connectivity index (χ2v) is 5.85. The molecule has 2 atom stereocenters. The number of piperidine rings is 1. The van der Waals surface area contributed by atoms with E-state index >= 15 is 0 Å². The van der Waals surface area contributed by atoms with Gasteiger partial charge in [-0.2, -0.15) is 0 Å². The maximum atomic E-state index is 6.14. The molecule has 19 heavy (non-hydrogen) atoms. The van der Waals surface area contributed by atoms with Crippen molar-refractivity contribution >= 4 is 5.69 Å². The Balaban J connectivity index is 1.66. The molecule has 2 fully saturated rings. The lowest BCUT2D eigenvalue weighted by Crippen LogP contribution is -2.47. The molecule has 1 aromatic carbocycles. The lowest BCUT2D eigenvalue weighted by Gasteiger charge is -2.39. The van der Waals surface area contributed by atoms with E-state index in [0.29, 0.717) is 31.3 Å². The van der Waals surface area contributed by atoms with Gasteiger partial charge in [0.25, 0.3) is 0 Å². The van der Waals surface area contributed by atoms with Crippen molar-refractivity contribution in [1.29, 1.82) is 0 Å². The van der Waals surface area contributed by atoms with Gasteiger partial charge in [-0.15, -0.1) is 0 Å². The molecule has 0 amide bonds. The first-order chi connectivity index (χ1) is 9.31. The summed E-state index contributed by atoms with van der Waals surface area (Å²) in [4.78, 5) is 2.56. The molecule has 0 saturated carbocycles. The number of rotatable bonds is 1. The molecule has 4 heteroatoms. The van der Waals surface area contributed by atoms with Crippen LogP contribution in [-0.4, -0.2) is 31.3 Å². The van der Waals surface area contributed by atoms with Crippen LogP contribution in [0.5, 0.6) is 11.5 Å². The van der Waals surface area contributed by atoms with Crippen molar-refractivity contribution in [3.63, 3.8) is 0 Å². The molecule has 102 valence electrons. The number of benzene rings is 1. The first-order valence-electron chi connectivity index (χ1n) is 7.25. The van der Waals surface area contributed by atoms with Crippen LogP contribution in [0.4, 0.5) is 5.69 Å². The van der Waals surface area contributed by atoms with Crippen molar-refractivity contribution in [2.24, 2.45) is 5.73 Å². The van der Waals surface area contributed by atoms with Gasteiger partial charge < -0.3 is 20.1 Å². The molecule has 4 nitrogen and oxygen atoms in total. The molecule has 0 aliphatic carbocycles. The molecule has 0 radical (unpaired) electrons. The number of nitrogens with two attached hydrogens (primary N) is 1. The van der Waals surface area contributed by atoms with E-state index < -0.39 is 0 Å². The van der Waals surface area contributed by atoms with Crippen molar-refractivity contribution in [2.75, 3.05) is 18.1 Å². The highest BCUT2D eigenvalue weighted by Gasteiger charge is 2.39. The van der Waals surface area contributed by atoms with Crippen molar-refractivity contribution < 1.29 is 9.47 Å². The second kappa shape index (κ2) is 4.30. The monoisotopic (exact) mass is 260 g/mol. The van der Waals surface area contributed by atoms with Gasteiger partial charge >= 0.3 is 0 Å². The lowest BCUT2D eigenvalue weighted by molar-refractivity contribution is 0.171. The van der Waals surface area contributed by atoms with Crippen molar-refractivity contribution in [2.45, 2.75) is 43.8 Å². The third kappa shape index (κ3) is 1.86. The summed E-state index contributed by atoms with van der Waals surface area (Å²) in [7, 11) is 0. The largest absolute Gasteiger partial charge is 0.486 e. The van der Waals surface area contributed by atoms with Gasteiger partial charge in [0.05, 0.1) is 0 Å². The Hall–Kier alpha value is -1.42. The van der Waals surface area contributed by atoms with Gasteiger partial charge in [0.15, 0.2) is 11.5 Å². The summed E-state index contributed by atoms with van der Waals surface area (Å²) in [5.41, 5.74) is 7.40. The molecule has 1 aromatic rings. The third-order valence-electron chi connectivity index (χ3n) is 4.59. The Bertz CT molecular complexity index is 477. The van der Waals surface area contributed by atoms with E-state index in [2.05, 4.69) is 17.0 Å². The summed E-state index contributed by atoms with van der Waals surface area (Å²) < 4.78 is 11.3. The number of hydrogen-bond acceptors (Lipinski definition) is 4. The molecule has 3 aliphatic heterocycles. The number of anilines is 1. The highest BCUT2D eigenvalue weighted by atomic mass is 16.6. The van der Waals surface area contributed by atoms with E-state index in [1.807, 2.05) is 6.07 Å². The van der Waals surface area contributed by atoms with E-state index in [9.17, 15) is 0 Å². The highest BCUT2D eigenvalue weighted by molar-refractivity contribution is 5.59. The topological polar surface area (TPSA) is 47.7 Å². The molecule has 0 spiro atoms. The molecule has 3 heterocycles. The minimum Gasteiger partial charge on any atom is -0.486 e. The Morgan fingerprint density at radius 2 is 1.68 bits per heavy atom. The fourth-order valence-corrected chi connectivity index (χ4v) is 3.83. The zero-order valence-corrected chi connectivity index (χ0v) is 11.0. The molecule has 2 saturated heterocycles. The van der Waals surface area contributed by atoms with Gasteiger partial charge in [-0.1, -0.05) is 0 Å². The van der Waals surface area contributed by atoms with Crippen LogP contribution in [0.3, 0.4) is 0 Å². The van der Waals surface area contributed by atoms with Gasteiger partial charge in [-0.25, -0.2) is 0 Å². The van der Waals surface area contributed by atoms with Crippen LogP contribution in [0.1, 0.15) is 25.7 Å². The summed E-state index contributed by atoms with van der Waals surface area (Å²) >= 11 is 0. The molecule has 3 aliphatic rings. The molecule has 2 unspecified atom stereocenters. The summed E-state index contributed by atoms with van der Waals surface area (Å²) in [5, 5.41) is 0. The Morgan fingerprint density at radius 1 is 1.00 bits per heavy atom. The first-order valence-corrected chi connectivity index (χ1v) is 7.25. The molecule has 0 aromatic heterocycles. The fourth-order valence-electron chi connectivity index (χ4n) is 3.83. The predicted molar refractivity (Wildman–Crippen MR) is 73.9 cm³/mol. The van der Waals surface area contributed by atoms with Gasteiger partial charge in [0.2, 0.25) is 0 Å². The molecule has 4 rings (SSSR count). The summed E-state index contributed by atoms with van der Waals surface area (Å²) in [5.74, 6) is 1.76. The van der Waals surface area contributed by atoms with Crippen LogP contribution in [0.25, 0.3) is 0 Å². The quantitative estimate of drug-likeness (QED) is 0.838. The SMILES string of the molecule is NC1CC2CCC(C1)N2c1ccc2c(c1)OCCO2. The minimum atomic E-state index is 0.381. The average Bonchev–Trinajstić information content (AvgIpc) is 2.70. The molecule has 2 N–H and O–H groups in total. The van der Waals surface area contributed by atoms with Crippen LogP contribution in [0.15, 0.2) is 18.2 Å². The van der Waals surface area contributed by atoms with Crippen molar-refractivity contribution in [1.82, 2.24) is 0 Å². The fraction of sp³-hybridized carbons (Fsp3) is 0.600. The standard InChI is InChI=1S/C15H20N2O2/c16-10-7-11-1-2-12(8-10)17(11)13-3-4-14-15(9-13)19-6-5-18-14/h3-4,9-12H,1-2,5-8,16H2. The molecule has 2 bridgehead atoms. The van der Waals surface area contributed by atoms with Crippen LogP contribution in [0, 0.1) is 0 Å². The number of fused-ring (bicyclic) bond motifs is 3. The van der Waals surface area contributed by atoms with Crippen molar-refractivity contribution in [3.05, 3.63) is 18.2 Å². The smallest absolute Gasteiger partial charge is 0.163 e. The minimum absolute atomic E-state index is 0.381. The Kier molecular flexibility index (Phi) is 2.58. The van der Waals surface area contributed by atoms with E-state index in [4.69, 9.17) is 15.2 Å². The molecular weight excluding hydrogens is 240 g/mol. The van der Waals surface area contributed by atoms with Gasteiger partial charge in [0, 0.05) is 29.9 Å². The van der Waals surface area contributed by atoms with E-state index in [-0.39, 0.29) is 0 Å². The summed E-state index contributed by atoms with van der Waals surface area (Å²) in [6.07, 6.45) is 4.77. The maximum Gasteiger partial charge on any atom is 0.163 e. The molecular formula is C15H20N2O2. The van der Waals surface area contributed by atoms with E-state index in [1.54, 1.807) is 0 Å². The van der Waals surface area contributed by atoms with Crippen LogP contribution in [0.2, 0.25) is 0 Å². The normalized spacial score (nSPS) is 32.5. The number of hydrogen-bond donors (Lipinski definition) is 1. The predicted octanol–water partition coefficient (Wildman–Crippen LogP) is 1.92. The Morgan fingerprint density at radius 3 is 2.42 bits per heavy atom. The second-order valence-electron chi connectivity index (χ2n) is 5.85. The van der Waals surface area contributed by atoms with Crippen LogP contribution in [-0.2, 0) is 0 Å². The van der Waals surface area contributed by atoms with Gasteiger partial charge in [0.1, 0.15) is 13.2 Å². The first kappa shape index (κ1) is 11.4. The van der Waals surface area contributed by atoms with Crippen LogP contribution >= 0.6 is 0 Å². The van der Waals surface area contributed by atoms with Crippen molar-refractivity contribution in [3.8, 4) is 11.5 Å². The van der Waals surface area contributed by atoms with Gasteiger partial charge in [-0.3, -0.25) is 0 Å². The number of ether oxygens (including phenoxy) is 2. The third-order valence-corrected chi connectivity index (χ3v) is 4.59. The average molecular weight is 260 g/mol. The zero-order valence-electron chi connectivity index (χ0n) is 11.0. The zero-order chi connectivity index (χ0) is 12.8. The van der Waals surface area contributed by atoms with Gasteiger partial charge in [-0.05, 0) is 37.8 Å². The summed E-state index contributed by atoms with van der Waals surface area (Å²) in [6, 6.07) is 7.93. The maximum absolute atomic E-state index is 6.14. The number of nitrogens with zero attached hydrogens (tertiary/aromatic N) is 1. The van der Waals surface area contributed by atoms with E-state index in [1.165, 1.54) is 18.5 Å². The lowest BCUT2D eigenvalue weighted by atomic mass is 9.97. The Labute approximate surface area is 113 Å². The highest BCUT2D eigenvalue weighted by Crippen LogP contribution is 2.42. The van der Waals surface area contributed by atoms with E-state index in [0.717, 1.165) is 24.3 Å². The van der Waals surface area contributed by atoms with Crippen LogP contribution < -0.4 is 20.1 Å². The summed E-state index contributed by atoms with van der Waals surface area (Å²) in [6.45, 7) is 1.30.